The molecule has 0 saturated carbocycles. The molecule has 1 heterocycles. The summed E-state index contributed by atoms with van der Waals surface area (Å²) < 4.78 is 22.3. The molecular weight excluding hydrogens is 425 g/mol. The molecule has 0 fully saturated rings. The Morgan fingerprint density at radius 3 is 2.53 bits per heavy atom. The van der Waals surface area contributed by atoms with Gasteiger partial charge in [-0.15, -0.1) is 0 Å². The predicted octanol–water partition coefficient (Wildman–Crippen LogP) is 5.40. The first-order valence-corrected chi connectivity index (χ1v) is 12.9. The van der Waals surface area contributed by atoms with Gasteiger partial charge >= 0.3 is 7.60 Å². The summed E-state index contributed by atoms with van der Waals surface area (Å²) in [6.07, 6.45) is 8.05. The number of benzene rings is 2. The topological polar surface area (TPSA) is 91.9 Å². The molecule has 3 rings (SSSR count). The molecule has 0 aliphatic heterocycles. The molecule has 6 nitrogen and oxygen atoms in total. The zero-order valence-electron chi connectivity index (χ0n) is 18.3. The molecule has 0 spiro atoms. The minimum absolute atomic E-state index is 0.0988. The smallest absolute Gasteiger partial charge is 0.325 e. The van der Waals surface area contributed by atoms with Gasteiger partial charge < -0.3 is 24.3 Å². The zero-order valence-corrected chi connectivity index (χ0v) is 19.2. The minimum Gasteiger partial charge on any atom is -0.493 e. The molecule has 0 atom stereocenters. The fraction of sp³-hybridized carbons (Fsp3) is 0.360. The van der Waals surface area contributed by atoms with Gasteiger partial charge in [0.2, 0.25) is 0 Å². The largest absolute Gasteiger partial charge is 0.493 e. The maximum Gasteiger partial charge on any atom is 0.325 e. The molecule has 0 bridgehead atoms. The molecule has 172 valence electrons. The quantitative estimate of drug-likeness (QED) is 0.222. The van der Waals surface area contributed by atoms with Crippen molar-refractivity contribution in [2.75, 3.05) is 19.3 Å². The first-order valence-electron chi connectivity index (χ1n) is 11.1. The van der Waals surface area contributed by atoms with Crippen LogP contribution in [0.15, 0.2) is 71.5 Å². The molecule has 0 radical (unpaired) electrons. The van der Waals surface area contributed by atoms with Crippen LogP contribution in [-0.2, 0) is 17.5 Å². The van der Waals surface area contributed by atoms with E-state index in [2.05, 4.69) is 35.6 Å². The number of nitrogens with one attached hydrogen (secondary N) is 1. The lowest BCUT2D eigenvalue weighted by atomic mass is 10.0. The SMILES string of the molecule is O=P(O)(O)CCCNCc1ccc(OCCCCCc2ccccc2)c(-c2ccoc2)c1. The number of aryl methyl sites for hydroxylation is 1. The van der Waals surface area contributed by atoms with Gasteiger partial charge in [-0.05, 0) is 68.0 Å². The van der Waals surface area contributed by atoms with Gasteiger partial charge in [-0.25, -0.2) is 0 Å². The van der Waals surface area contributed by atoms with Crippen LogP contribution in [-0.4, -0.2) is 29.1 Å². The number of furan rings is 1. The van der Waals surface area contributed by atoms with Crippen LogP contribution in [0, 0.1) is 0 Å². The number of hydrogen-bond donors (Lipinski definition) is 3. The Labute approximate surface area is 189 Å². The Morgan fingerprint density at radius 1 is 0.938 bits per heavy atom. The molecule has 0 unspecified atom stereocenters. The third-order valence-corrected chi connectivity index (χ3v) is 6.12. The van der Waals surface area contributed by atoms with Crippen molar-refractivity contribution < 1.29 is 23.5 Å². The van der Waals surface area contributed by atoms with Crippen molar-refractivity contribution in [3.8, 4) is 16.9 Å². The summed E-state index contributed by atoms with van der Waals surface area (Å²) >= 11 is 0. The Kier molecular flexibility index (Phi) is 9.57. The average molecular weight is 458 g/mol. The van der Waals surface area contributed by atoms with E-state index in [4.69, 9.17) is 18.9 Å². The van der Waals surface area contributed by atoms with Crippen LogP contribution in [0.3, 0.4) is 0 Å². The van der Waals surface area contributed by atoms with E-state index in [1.807, 2.05) is 24.3 Å². The first-order chi connectivity index (χ1) is 15.5. The standard InChI is InChI=1S/C25H32NO5P/c27-32(28,29)17-7-14-26-19-22-11-12-25(24(18-22)23-13-16-30-20-23)31-15-6-2-5-10-21-8-3-1-4-9-21/h1,3-4,8-9,11-13,16,18,20,26H,2,5-7,10,14-15,17,19H2,(H2,27,28,29). The van der Waals surface area contributed by atoms with E-state index in [0.29, 0.717) is 26.1 Å². The fourth-order valence-electron chi connectivity index (χ4n) is 3.53. The highest BCUT2D eigenvalue weighted by molar-refractivity contribution is 7.51. The Bertz CT molecular complexity index is 969. The molecular formula is C25H32NO5P. The second-order valence-corrected chi connectivity index (χ2v) is 9.68. The maximum atomic E-state index is 10.9. The Morgan fingerprint density at radius 2 is 1.78 bits per heavy atom. The van der Waals surface area contributed by atoms with E-state index >= 15 is 0 Å². The Hall–Kier alpha value is -2.37. The lowest BCUT2D eigenvalue weighted by Gasteiger charge is -2.13. The monoisotopic (exact) mass is 457 g/mol. The minimum atomic E-state index is -3.93. The molecule has 0 aliphatic rings. The Balaban J connectivity index is 1.47. The second kappa shape index (κ2) is 12.6. The molecule has 3 N–H and O–H groups in total. The van der Waals surface area contributed by atoms with Crippen LogP contribution in [0.1, 0.15) is 36.8 Å². The van der Waals surface area contributed by atoms with Crippen LogP contribution in [0.5, 0.6) is 5.75 Å². The highest BCUT2D eigenvalue weighted by Gasteiger charge is 2.12. The van der Waals surface area contributed by atoms with Gasteiger partial charge in [0, 0.05) is 17.7 Å². The number of ether oxygens (including phenoxy) is 1. The van der Waals surface area contributed by atoms with E-state index in [-0.39, 0.29) is 6.16 Å². The van der Waals surface area contributed by atoms with Gasteiger partial charge in [-0.2, -0.15) is 0 Å². The molecule has 3 aromatic rings. The predicted molar refractivity (Wildman–Crippen MR) is 127 cm³/mol. The highest BCUT2D eigenvalue weighted by atomic mass is 31.2. The lowest BCUT2D eigenvalue weighted by molar-refractivity contribution is 0.306. The van der Waals surface area contributed by atoms with Crippen LogP contribution in [0.4, 0.5) is 0 Å². The van der Waals surface area contributed by atoms with Crippen molar-refractivity contribution in [1.29, 1.82) is 0 Å². The summed E-state index contributed by atoms with van der Waals surface area (Å²) in [5, 5.41) is 3.24. The molecule has 0 aliphatic carbocycles. The summed E-state index contributed by atoms with van der Waals surface area (Å²) in [4.78, 5) is 17.9. The molecule has 2 aromatic carbocycles. The average Bonchev–Trinajstić information content (AvgIpc) is 3.31. The van der Waals surface area contributed by atoms with Gasteiger partial charge in [0.25, 0.3) is 0 Å². The van der Waals surface area contributed by atoms with Gasteiger partial charge in [-0.1, -0.05) is 36.4 Å². The van der Waals surface area contributed by atoms with Crippen LogP contribution >= 0.6 is 7.60 Å². The van der Waals surface area contributed by atoms with Gasteiger partial charge in [-0.3, -0.25) is 4.57 Å². The third kappa shape index (κ3) is 8.64. The second-order valence-electron chi connectivity index (χ2n) is 7.91. The van der Waals surface area contributed by atoms with E-state index < -0.39 is 7.60 Å². The number of hydrogen-bond acceptors (Lipinski definition) is 4. The van der Waals surface area contributed by atoms with Crippen LogP contribution < -0.4 is 10.1 Å². The van der Waals surface area contributed by atoms with E-state index in [0.717, 1.165) is 48.1 Å². The highest BCUT2D eigenvalue weighted by Crippen LogP contribution is 2.34. The van der Waals surface area contributed by atoms with E-state index in [1.54, 1.807) is 12.5 Å². The summed E-state index contributed by atoms with van der Waals surface area (Å²) in [5.41, 5.74) is 4.40. The maximum absolute atomic E-state index is 10.9. The van der Waals surface area contributed by atoms with Gasteiger partial charge in [0.05, 0.1) is 25.3 Å². The fourth-order valence-corrected chi connectivity index (χ4v) is 4.10. The summed E-state index contributed by atoms with van der Waals surface area (Å²) in [5.74, 6) is 0.833. The van der Waals surface area contributed by atoms with Crippen LogP contribution in [0.2, 0.25) is 0 Å². The van der Waals surface area contributed by atoms with Crippen molar-refractivity contribution in [1.82, 2.24) is 5.32 Å². The van der Waals surface area contributed by atoms with Crippen molar-refractivity contribution in [2.45, 2.75) is 38.6 Å². The summed E-state index contributed by atoms with van der Waals surface area (Å²) in [6.45, 7) is 1.83. The summed E-state index contributed by atoms with van der Waals surface area (Å²) in [7, 11) is -3.93. The third-order valence-electron chi connectivity index (χ3n) is 5.22. The number of unbranched alkanes of at least 4 members (excludes halogenated alkanes) is 2. The molecule has 1 aromatic heterocycles. The lowest BCUT2D eigenvalue weighted by Crippen LogP contribution is -2.16. The zero-order chi connectivity index (χ0) is 22.7. The molecule has 0 amide bonds. The molecule has 32 heavy (non-hydrogen) atoms. The van der Waals surface area contributed by atoms with E-state index in [9.17, 15) is 4.57 Å². The summed E-state index contributed by atoms with van der Waals surface area (Å²) in [6, 6.07) is 18.5. The van der Waals surface area contributed by atoms with Crippen molar-refractivity contribution in [3.63, 3.8) is 0 Å². The molecule has 7 heteroatoms. The van der Waals surface area contributed by atoms with Crippen LogP contribution in [0.25, 0.3) is 11.1 Å². The van der Waals surface area contributed by atoms with Gasteiger partial charge in [0.15, 0.2) is 0 Å². The van der Waals surface area contributed by atoms with Crippen molar-refractivity contribution in [2.24, 2.45) is 0 Å². The first kappa shape index (κ1) is 24.3. The number of rotatable bonds is 14. The van der Waals surface area contributed by atoms with Gasteiger partial charge in [0.1, 0.15) is 5.75 Å². The normalized spacial score (nSPS) is 11.6. The van der Waals surface area contributed by atoms with Crippen molar-refractivity contribution >= 4 is 7.60 Å². The van der Waals surface area contributed by atoms with Crippen molar-refractivity contribution in [3.05, 3.63) is 78.3 Å². The molecule has 0 saturated heterocycles. The van der Waals surface area contributed by atoms with E-state index in [1.165, 1.54) is 5.56 Å².